The topological polar surface area (TPSA) is 24.5 Å². The molecular formula is C12H24N2O. The summed E-state index contributed by atoms with van der Waals surface area (Å²) in [6.07, 6.45) is 5.76. The standard InChI is InChI=1S/C12H24N2O/c1-3-14(11-4-5-11)7-6-13-10-8-12(9-10)15-2/h10-13H,3-9H2,1-2H3. The Hall–Kier alpha value is -0.120. The maximum Gasteiger partial charge on any atom is 0.0601 e. The Labute approximate surface area is 93.2 Å². The van der Waals surface area contributed by atoms with E-state index in [2.05, 4.69) is 17.1 Å². The van der Waals surface area contributed by atoms with Crippen molar-refractivity contribution < 1.29 is 4.74 Å². The van der Waals surface area contributed by atoms with Crippen LogP contribution in [-0.2, 0) is 4.74 Å². The summed E-state index contributed by atoms with van der Waals surface area (Å²) >= 11 is 0. The molecule has 1 N–H and O–H groups in total. The van der Waals surface area contributed by atoms with Crippen molar-refractivity contribution in [3.8, 4) is 0 Å². The lowest BCUT2D eigenvalue weighted by Gasteiger charge is -2.35. The summed E-state index contributed by atoms with van der Waals surface area (Å²) in [5.41, 5.74) is 0. The van der Waals surface area contributed by atoms with Gasteiger partial charge in [-0.05, 0) is 32.2 Å². The molecule has 0 spiro atoms. The van der Waals surface area contributed by atoms with E-state index in [0.29, 0.717) is 12.1 Å². The first-order chi connectivity index (χ1) is 7.33. The largest absolute Gasteiger partial charge is 0.381 e. The zero-order chi connectivity index (χ0) is 10.7. The zero-order valence-electron chi connectivity index (χ0n) is 10.0. The molecule has 15 heavy (non-hydrogen) atoms. The molecule has 0 aromatic rings. The summed E-state index contributed by atoms with van der Waals surface area (Å²) in [5, 5.41) is 3.61. The van der Waals surface area contributed by atoms with Gasteiger partial charge >= 0.3 is 0 Å². The highest BCUT2D eigenvalue weighted by Crippen LogP contribution is 2.26. The van der Waals surface area contributed by atoms with Crippen LogP contribution in [0.5, 0.6) is 0 Å². The van der Waals surface area contributed by atoms with Gasteiger partial charge in [0, 0.05) is 32.3 Å². The van der Waals surface area contributed by atoms with Crippen LogP contribution in [0.1, 0.15) is 32.6 Å². The van der Waals surface area contributed by atoms with Gasteiger partial charge in [-0.15, -0.1) is 0 Å². The Morgan fingerprint density at radius 1 is 1.33 bits per heavy atom. The Morgan fingerprint density at radius 2 is 2.07 bits per heavy atom. The summed E-state index contributed by atoms with van der Waals surface area (Å²) in [6, 6.07) is 1.62. The third-order valence-electron chi connectivity index (χ3n) is 3.73. The SMILES string of the molecule is CCN(CCNC1CC(OC)C1)C1CC1. The van der Waals surface area contributed by atoms with Gasteiger partial charge in [0.25, 0.3) is 0 Å². The van der Waals surface area contributed by atoms with Crippen LogP contribution in [-0.4, -0.2) is 49.8 Å². The molecule has 0 atom stereocenters. The fourth-order valence-corrected chi connectivity index (χ4v) is 2.38. The van der Waals surface area contributed by atoms with Crippen LogP contribution < -0.4 is 5.32 Å². The van der Waals surface area contributed by atoms with E-state index in [1.165, 1.54) is 38.8 Å². The molecule has 0 aromatic heterocycles. The molecular weight excluding hydrogens is 188 g/mol. The van der Waals surface area contributed by atoms with Crippen molar-refractivity contribution in [3.63, 3.8) is 0 Å². The van der Waals surface area contributed by atoms with Crippen molar-refractivity contribution in [1.29, 1.82) is 0 Å². The summed E-state index contributed by atoms with van der Waals surface area (Å²) in [4.78, 5) is 2.60. The summed E-state index contributed by atoms with van der Waals surface area (Å²) in [5.74, 6) is 0. The summed E-state index contributed by atoms with van der Waals surface area (Å²) < 4.78 is 5.26. The van der Waals surface area contributed by atoms with E-state index in [9.17, 15) is 0 Å². The predicted octanol–water partition coefficient (Wildman–Crippen LogP) is 1.24. The molecule has 2 fully saturated rings. The first-order valence-corrected chi connectivity index (χ1v) is 6.33. The van der Waals surface area contributed by atoms with Gasteiger partial charge < -0.3 is 10.1 Å². The van der Waals surface area contributed by atoms with E-state index in [1.807, 2.05) is 7.11 Å². The van der Waals surface area contributed by atoms with Crippen molar-refractivity contribution in [2.24, 2.45) is 0 Å². The van der Waals surface area contributed by atoms with Crippen LogP contribution >= 0.6 is 0 Å². The second kappa shape index (κ2) is 5.28. The predicted molar refractivity (Wildman–Crippen MR) is 62.1 cm³/mol. The van der Waals surface area contributed by atoms with Crippen LogP contribution in [0, 0.1) is 0 Å². The van der Waals surface area contributed by atoms with E-state index in [4.69, 9.17) is 4.74 Å². The van der Waals surface area contributed by atoms with Crippen LogP contribution in [0.4, 0.5) is 0 Å². The average molecular weight is 212 g/mol. The molecule has 3 nitrogen and oxygen atoms in total. The normalized spacial score (nSPS) is 30.6. The van der Waals surface area contributed by atoms with Gasteiger partial charge in [-0.3, -0.25) is 4.90 Å². The average Bonchev–Trinajstić information content (AvgIpc) is 2.99. The molecule has 2 saturated carbocycles. The molecule has 2 rings (SSSR count). The molecule has 2 aliphatic rings. The first kappa shape index (κ1) is 11.4. The lowest BCUT2D eigenvalue weighted by atomic mass is 9.89. The van der Waals surface area contributed by atoms with Crippen molar-refractivity contribution in [1.82, 2.24) is 10.2 Å². The van der Waals surface area contributed by atoms with Crippen LogP contribution in [0.25, 0.3) is 0 Å². The Morgan fingerprint density at radius 3 is 2.60 bits per heavy atom. The van der Waals surface area contributed by atoms with Gasteiger partial charge in [0.2, 0.25) is 0 Å². The van der Waals surface area contributed by atoms with Crippen molar-refractivity contribution in [2.75, 3.05) is 26.7 Å². The van der Waals surface area contributed by atoms with Crippen LogP contribution in [0.2, 0.25) is 0 Å². The third kappa shape index (κ3) is 3.16. The molecule has 3 heteroatoms. The zero-order valence-corrected chi connectivity index (χ0v) is 10.0. The number of methoxy groups -OCH3 is 1. The number of likely N-dealkylation sites (N-methyl/N-ethyl adjacent to an activating group) is 1. The van der Waals surface area contributed by atoms with Gasteiger partial charge in [-0.2, -0.15) is 0 Å². The quantitative estimate of drug-likeness (QED) is 0.687. The van der Waals surface area contributed by atoms with E-state index < -0.39 is 0 Å². The molecule has 0 amide bonds. The number of nitrogens with zero attached hydrogens (tertiary/aromatic N) is 1. The monoisotopic (exact) mass is 212 g/mol. The molecule has 88 valence electrons. The highest BCUT2D eigenvalue weighted by molar-refractivity contribution is 4.87. The van der Waals surface area contributed by atoms with E-state index in [0.717, 1.165) is 12.6 Å². The van der Waals surface area contributed by atoms with Gasteiger partial charge in [-0.1, -0.05) is 6.92 Å². The molecule has 0 unspecified atom stereocenters. The number of hydrogen-bond acceptors (Lipinski definition) is 3. The second-order valence-corrected chi connectivity index (χ2v) is 4.84. The fraction of sp³-hybridized carbons (Fsp3) is 1.00. The smallest absolute Gasteiger partial charge is 0.0601 e. The lowest BCUT2D eigenvalue weighted by molar-refractivity contribution is 0.0169. The maximum absolute atomic E-state index is 5.26. The van der Waals surface area contributed by atoms with Gasteiger partial charge in [0.05, 0.1) is 6.10 Å². The Bertz CT molecular complexity index is 188. The molecule has 0 radical (unpaired) electrons. The minimum absolute atomic E-state index is 0.521. The first-order valence-electron chi connectivity index (χ1n) is 6.33. The van der Waals surface area contributed by atoms with E-state index >= 15 is 0 Å². The van der Waals surface area contributed by atoms with Gasteiger partial charge in [0.1, 0.15) is 0 Å². The molecule has 0 saturated heterocycles. The highest BCUT2D eigenvalue weighted by atomic mass is 16.5. The van der Waals surface area contributed by atoms with E-state index in [-0.39, 0.29) is 0 Å². The lowest BCUT2D eigenvalue weighted by Crippen LogP contribution is -2.47. The molecule has 0 bridgehead atoms. The van der Waals surface area contributed by atoms with Crippen molar-refractivity contribution >= 4 is 0 Å². The number of rotatable bonds is 7. The molecule has 0 aromatic carbocycles. The summed E-state index contributed by atoms with van der Waals surface area (Å²) in [7, 11) is 1.81. The molecule has 0 heterocycles. The summed E-state index contributed by atoms with van der Waals surface area (Å²) in [6.45, 7) is 5.83. The molecule has 2 aliphatic carbocycles. The third-order valence-corrected chi connectivity index (χ3v) is 3.73. The van der Waals surface area contributed by atoms with Gasteiger partial charge in [0.15, 0.2) is 0 Å². The van der Waals surface area contributed by atoms with E-state index in [1.54, 1.807) is 0 Å². The number of nitrogens with one attached hydrogen (secondary N) is 1. The van der Waals surface area contributed by atoms with Gasteiger partial charge in [-0.25, -0.2) is 0 Å². The molecule has 0 aliphatic heterocycles. The van der Waals surface area contributed by atoms with Crippen LogP contribution in [0.15, 0.2) is 0 Å². The van der Waals surface area contributed by atoms with Crippen molar-refractivity contribution in [2.45, 2.75) is 50.8 Å². The minimum atomic E-state index is 0.521. The fourth-order valence-electron chi connectivity index (χ4n) is 2.38. The number of ether oxygens (including phenoxy) is 1. The number of hydrogen-bond donors (Lipinski definition) is 1. The Kier molecular flexibility index (Phi) is 4.00. The minimum Gasteiger partial charge on any atom is -0.381 e. The Balaban J connectivity index is 1.51. The van der Waals surface area contributed by atoms with Crippen molar-refractivity contribution in [3.05, 3.63) is 0 Å². The second-order valence-electron chi connectivity index (χ2n) is 4.84. The van der Waals surface area contributed by atoms with Crippen LogP contribution in [0.3, 0.4) is 0 Å². The maximum atomic E-state index is 5.26. The highest BCUT2D eigenvalue weighted by Gasteiger charge is 2.30.